The van der Waals surface area contributed by atoms with E-state index in [0.29, 0.717) is 23.6 Å². The van der Waals surface area contributed by atoms with Crippen molar-refractivity contribution in [1.29, 1.82) is 5.26 Å². The van der Waals surface area contributed by atoms with Crippen molar-refractivity contribution in [2.24, 2.45) is 0 Å². The first kappa shape index (κ1) is 20.4. The average molecular weight is 398 g/mol. The number of rotatable bonds is 7. The van der Waals surface area contributed by atoms with Crippen molar-refractivity contribution in [2.45, 2.75) is 6.61 Å². The van der Waals surface area contributed by atoms with Crippen LogP contribution in [0.5, 0.6) is 5.75 Å². The van der Waals surface area contributed by atoms with E-state index in [4.69, 9.17) is 9.84 Å². The molecule has 0 fully saturated rings. The second-order valence-electron chi connectivity index (χ2n) is 6.35. The summed E-state index contributed by atoms with van der Waals surface area (Å²) in [5, 5.41) is 20.9. The fraction of sp³-hybridized carbons (Fsp3) is 0.0417. The normalized spacial score (nSPS) is 10.7. The Kier molecular flexibility index (Phi) is 6.59. The summed E-state index contributed by atoms with van der Waals surface area (Å²) in [6.45, 7) is 0.442. The molecule has 3 aromatic carbocycles. The lowest BCUT2D eigenvalue weighted by Gasteiger charge is -2.07. The summed E-state index contributed by atoms with van der Waals surface area (Å²) >= 11 is 0. The summed E-state index contributed by atoms with van der Waals surface area (Å²) < 4.78 is 5.72. The van der Waals surface area contributed by atoms with E-state index >= 15 is 0 Å². The van der Waals surface area contributed by atoms with Crippen LogP contribution in [0.25, 0.3) is 6.08 Å². The van der Waals surface area contributed by atoms with Crippen LogP contribution in [0.15, 0.2) is 84.4 Å². The van der Waals surface area contributed by atoms with E-state index in [1.807, 2.05) is 36.4 Å². The van der Waals surface area contributed by atoms with Gasteiger partial charge in [-0.25, -0.2) is 4.79 Å². The molecule has 30 heavy (non-hydrogen) atoms. The number of carboxylic acid groups (broad SMARTS) is 1. The Morgan fingerprint density at radius 1 is 1.00 bits per heavy atom. The zero-order chi connectivity index (χ0) is 21.3. The SMILES string of the molecule is N#CC(=Cc1ccc(OCc2ccccc2)cc1)C(=O)Nc1cccc(C(=O)O)c1. The average Bonchev–Trinajstić information content (AvgIpc) is 2.77. The highest BCUT2D eigenvalue weighted by atomic mass is 16.5. The summed E-state index contributed by atoms with van der Waals surface area (Å²) in [6, 6.07) is 24.5. The number of carbonyl (C=O) groups excluding carboxylic acids is 1. The number of hydrogen-bond donors (Lipinski definition) is 2. The summed E-state index contributed by atoms with van der Waals surface area (Å²) in [5.41, 5.74) is 1.95. The number of nitrogens with one attached hydrogen (secondary N) is 1. The van der Waals surface area contributed by atoms with Crippen molar-refractivity contribution in [2.75, 3.05) is 5.32 Å². The van der Waals surface area contributed by atoms with Crippen LogP contribution in [0.2, 0.25) is 0 Å². The van der Waals surface area contributed by atoms with E-state index in [9.17, 15) is 14.9 Å². The molecule has 0 spiro atoms. The molecular weight excluding hydrogens is 380 g/mol. The maximum Gasteiger partial charge on any atom is 0.335 e. The maximum absolute atomic E-state index is 12.4. The largest absolute Gasteiger partial charge is 0.489 e. The molecule has 0 radical (unpaired) electrons. The van der Waals surface area contributed by atoms with Crippen molar-refractivity contribution in [3.8, 4) is 11.8 Å². The monoisotopic (exact) mass is 398 g/mol. The number of hydrogen-bond acceptors (Lipinski definition) is 4. The van der Waals surface area contributed by atoms with E-state index in [-0.39, 0.29) is 11.1 Å². The van der Waals surface area contributed by atoms with Crippen LogP contribution in [0.1, 0.15) is 21.5 Å². The fourth-order valence-electron chi connectivity index (χ4n) is 2.64. The smallest absolute Gasteiger partial charge is 0.335 e. The van der Waals surface area contributed by atoms with Crippen molar-refractivity contribution >= 4 is 23.6 Å². The highest BCUT2D eigenvalue weighted by molar-refractivity contribution is 6.10. The lowest BCUT2D eigenvalue weighted by Crippen LogP contribution is -2.13. The van der Waals surface area contributed by atoms with E-state index in [2.05, 4.69) is 5.32 Å². The Labute approximate surface area is 173 Å². The summed E-state index contributed by atoms with van der Waals surface area (Å²) in [7, 11) is 0. The maximum atomic E-state index is 12.4. The summed E-state index contributed by atoms with van der Waals surface area (Å²) in [5.74, 6) is -1.05. The molecule has 1 amide bonds. The van der Waals surface area contributed by atoms with Gasteiger partial charge in [0.1, 0.15) is 24.0 Å². The quantitative estimate of drug-likeness (QED) is 0.451. The molecule has 3 aromatic rings. The predicted octanol–water partition coefficient (Wildman–Crippen LogP) is 4.51. The third-order valence-corrected chi connectivity index (χ3v) is 4.17. The van der Waals surface area contributed by atoms with Crippen LogP contribution < -0.4 is 10.1 Å². The number of carbonyl (C=O) groups is 2. The Morgan fingerprint density at radius 2 is 1.73 bits per heavy atom. The first-order chi connectivity index (χ1) is 14.5. The van der Waals surface area contributed by atoms with Gasteiger partial charge in [0.2, 0.25) is 0 Å². The molecule has 0 aliphatic rings. The number of ether oxygens (including phenoxy) is 1. The third kappa shape index (κ3) is 5.57. The minimum Gasteiger partial charge on any atom is -0.489 e. The Morgan fingerprint density at radius 3 is 2.40 bits per heavy atom. The number of nitriles is 1. The highest BCUT2D eigenvalue weighted by Gasteiger charge is 2.11. The van der Waals surface area contributed by atoms with Gasteiger partial charge in [0, 0.05) is 5.69 Å². The molecule has 2 N–H and O–H groups in total. The molecule has 148 valence electrons. The molecule has 0 saturated heterocycles. The molecule has 0 saturated carbocycles. The van der Waals surface area contributed by atoms with E-state index in [1.54, 1.807) is 30.3 Å². The van der Waals surface area contributed by atoms with Gasteiger partial charge in [0.05, 0.1) is 5.56 Å². The van der Waals surface area contributed by atoms with Gasteiger partial charge < -0.3 is 15.2 Å². The number of nitrogens with zero attached hydrogens (tertiary/aromatic N) is 1. The number of carboxylic acids is 1. The number of aromatic carboxylic acids is 1. The van der Waals surface area contributed by atoms with E-state index < -0.39 is 11.9 Å². The Hall–Kier alpha value is -4.37. The molecule has 6 heteroatoms. The van der Waals surface area contributed by atoms with Gasteiger partial charge >= 0.3 is 5.97 Å². The molecule has 0 aromatic heterocycles. The van der Waals surface area contributed by atoms with Gasteiger partial charge in [-0.1, -0.05) is 48.5 Å². The molecule has 0 aliphatic carbocycles. The van der Waals surface area contributed by atoms with Gasteiger partial charge in [-0.15, -0.1) is 0 Å². The van der Waals surface area contributed by atoms with Gasteiger partial charge in [0.25, 0.3) is 5.91 Å². The first-order valence-corrected chi connectivity index (χ1v) is 9.08. The first-order valence-electron chi connectivity index (χ1n) is 9.08. The molecule has 3 rings (SSSR count). The molecular formula is C24H18N2O4. The Bertz CT molecular complexity index is 1110. The summed E-state index contributed by atoms with van der Waals surface area (Å²) in [6.07, 6.45) is 1.46. The molecule has 0 atom stereocenters. The second kappa shape index (κ2) is 9.71. The lowest BCUT2D eigenvalue weighted by atomic mass is 10.1. The van der Waals surface area contributed by atoms with Gasteiger partial charge in [-0.2, -0.15) is 5.26 Å². The van der Waals surface area contributed by atoms with Crippen molar-refractivity contribution in [3.05, 3.63) is 101 Å². The third-order valence-electron chi connectivity index (χ3n) is 4.17. The molecule has 0 unspecified atom stereocenters. The van der Waals surface area contributed by atoms with Gasteiger partial charge in [-0.05, 0) is 47.5 Å². The molecule has 0 aliphatic heterocycles. The van der Waals surface area contributed by atoms with E-state index in [1.165, 1.54) is 24.3 Å². The van der Waals surface area contributed by atoms with Crippen LogP contribution in [0.3, 0.4) is 0 Å². The lowest BCUT2D eigenvalue weighted by molar-refractivity contribution is -0.112. The van der Waals surface area contributed by atoms with Crippen LogP contribution in [-0.2, 0) is 11.4 Å². The van der Waals surface area contributed by atoms with Crippen LogP contribution in [0, 0.1) is 11.3 Å². The van der Waals surface area contributed by atoms with Gasteiger partial charge in [-0.3, -0.25) is 4.79 Å². The van der Waals surface area contributed by atoms with Crippen molar-refractivity contribution in [3.63, 3.8) is 0 Å². The van der Waals surface area contributed by atoms with Crippen LogP contribution >= 0.6 is 0 Å². The molecule has 0 heterocycles. The zero-order valence-corrected chi connectivity index (χ0v) is 15.9. The Balaban J connectivity index is 1.66. The molecule has 0 bridgehead atoms. The number of anilines is 1. The second-order valence-corrected chi connectivity index (χ2v) is 6.35. The number of amides is 1. The van der Waals surface area contributed by atoms with Crippen molar-refractivity contribution in [1.82, 2.24) is 0 Å². The topological polar surface area (TPSA) is 99.4 Å². The predicted molar refractivity (Wildman–Crippen MR) is 113 cm³/mol. The standard InChI is InChI=1S/C24H18N2O4/c25-15-20(23(27)26-21-8-4-7-19(14-21)24(28)29)13-17-9-11-22(12-10-17)30-16-18-5-2-1-3-6-18/h1-14H,16H2,(H,26,27)(H,28,29). The zero-order valence-electron chi connectivity index (χ0n) is 15.9. The van der Waals surface area contributed by atoms with E-state index in [0.717, 1.165) is 5.56 Å². The summed E-state index contributed by atoms with van der Waals surface area (Å²) in [4.78, 5) is 23.4. The minimum absolute atomic E-state index is 0.0429. The fourth-order valence-corrected chi connectivity index (χ4v) is 2.64. The van der Waals surface area contributed by atoms with Crippen molar-refractivity contribution < 1.29 is 19.4 Å². The van der Waals surface area contributed by atoms with Gasteiger partial charge in [0.15, 0.2) is 0 Å². The minimum atomic E-state index is -1.10. The number of benzene rings is 3. The highest BCUT2D eigenvalue weighted by Crippen LogP contribution is 2.17. The molecule has 6 nitrogen and oxygen atoms in total. The van der Waals surface area contributed by atoms with Crippen LogP contribution in [0.4, 0.5) is 5.69 Å². The van der Waals surface area contributed by atoms with Crippen LogP contribution in [-0.4, -0.2) is 17.0 Å².